The van der Waals surface area contributed by atoms with E-state index in [0.29, 0.717) is 5.92 Å². The highest BCUT2D eigenvalue weighted by Gasteiger charge is 2.35. The Morgan fingerprint density at radius 2 is 2.12 bits per heavy atom. The molecule has 0 saturated heterocycles. The van der Waals surface area contributed by atoms with Gasteiger partial charge < -0.3 is 0 Å². The molecule has 2 nitrogen and oxygen atoms in total. The van der Waals surface area contributed by atoms with E-state index in [2.05, 4.69) is 13.0 Å². The first-order valence-corrected chi connectivity index (χ1v) is 6.60. The summed E-state index contributed by atoms with van der Waals surface area (Å²) in [5.41, 5.74) is 3.22. The quantitative estimate of drug-likeness (QED) is 0.675. The van der Waals surface area contributed by atoms with Crippen LogP contribution in [0.3, 0.4) is 0 Å². The van der Waals surface area contributed by atoms with Crippen LogP contribution in [0, 0.1) is 17.8 Å². The van der Waals surface area contributed by atoms with Crippen molar-refractivity contribution in [2.75, 3.05) is 6.54 Å². The van der Waals surface area contributed by atoms with Crippen LogP contribution < -0.4 is 0 Å². The Morgan fingerprint density at radius 3 is 3.00 bits per heavy atom. The maximum Gasteiger partial charge on any atom is 0.0512 e. The maximum atomic E-state index is 9.75. The third-order valence-corrected chi connectivity index (χ3v) is 4.48. The van der Waals surface area contributed by atoms with E-state index < -0.39 is 0 Å². The van der Waals surface area contributed by atoms with Crippen LogP contribution in [0.2, 0.25) is 0 Å². The zero-order valence-electron chi connectivity index (χ0n) is 10.0. The Labute approximate surface area is 97.6 Å². The van der Waals surface area contributed by atoms with Gasteiger partial charge in [0.2, 0.25) is 0 Å². The van der Waals surface area contributed by atoms with Gasteiger partial charge in [0.25, 0.3) is 0 Å². The summed E-state index contributed by atoms with van der Waals surface area (Å²) in [6.07, 6.45) is 10.6. The highest BCUT2D eigenvalue weighted by Crippen LogP contribution is 2.46. The predicted octanol–water partition coefficient (Wildman–Crippen LogP) is 3.35. The third-order valence-electron chi connectivity index (χ3n) is 4.48. The zero-order valence-corrected chi connectivity index (χ0v) is 10.0. The molecule has 0 bridgehead atoms. The second kappa shape index (κ2) is 3.92. The van der Waals surface area contributed by atoms with Crippen molar-refractivity contribution in [3.63, 3.8) is 0 Å². The SMILES string of the molecule is CC1CC2CCCC3=C2C(C1)CN(O)C=C3. The molecule has 1 fully saturated rings. The Morgan fingerprint density at radius 1 is 1.31 bits per heavy atom. The van der Waals surface area contributed by atoms with E-state index >= 15 is 0 Å². The molecule has 1 saturated carbocycles. The lowest BCUT2D eigenvalue weighted by Gasteiger charge is -2.40. The van der Waals surface area contributed by atoms with Crippen molar-refractivity contribution in [1.29, 1.82) is 0 Å². The summed E-state index contributed by atoms with van der Waals surface area (Å²) in [4.78, 5) is 0. The molecule has 88 valence electrons. The van der Waals surface area contributed by atoms with Crippen LogP contribution in [0.5, 0.6) is 0 Å². The predicted molar refractivity (Wildman–Crippen MR) is 63.9 cm³/mol. The molecule has 16 heavy (non-hydrogen) atoms. The molecular formula is C14H21NO. The molecule has 0 aromatic carbocycles. The van der Waals surface area contributed by atoms with E-state index in [1.54, 1.807) is 5.57 Å². The molecule has 3 aliphatic rings. The van der Waals surface area contributed by atoms with E-state index in [-0.39, 0.29) is 0 Å². The molecule has 1 N–H and O–H groups in total. The second-order valence-electron chi connectivity index (χ2n) is 5.78. The minimum Gasteiger partial charge on any atom is -0.289 e. The molecular weight excluding hydrogens is 198 g/mol. The molecule has 2 heteroatoms. The van der Waals surface area contributed by atoms with Gasteiger partial charge in [0.05, 0.1) is 6.54 Å². The first kappa shape index (κ1) is 10.4. The number of hydrogen-bond donors (Lipinski definition) is 1. The fourth-order valence-electron chi connectivity index (χ4n) is 3.95. The smallest absolute Gasteiger partial charge is 0.0512 e. The van der Waals surface area contributed by atoms with Gasteiger partial charge in [0.1, 0.15) is 0 Å². The van der Waals surface area contributed by atoms with Gasteiger partial charge in [-0.2, -0.15) is 0 Å². The van der Waals surface area contributed by atoms with Gasteiger partial charge in [0.15, 0.2) is 0 Å². The first-order chi connectivity index (χ1) is 7.74. The second-order valence-corrected chi connectivity index (χ2v) is 5.78. The van der Waals surface area contributed by atoms with Gasteiger partial charge in [-0.3, -0.25) is 10.3 Å². The number of hydroxylamine groups is 2. The molecule has 0 amide bonds. The summed E-state index contributed by atoms with van der Waals surface area (Å²) < 4.78 is 0. The fraction of sp³-hybridized carbons (Fsp3) is 0.714. The van der Waals surface area contributed by atoms with Crippen LogP contribution >= 0.6 is 0 Å². The molecule has 3 rings (SSSR count). The molecule has 0 aromatic heterocycles. The van der Waals surface area contributed by atoms with Gasteiger partial charge in [-0.25, -0.2) is 0 Å². The summed E-state index contributed by atoms with van der Waals surface area (Å²) >= 11 is 0. The van der Waals surface area contributed by atoms with Crippen LogP contribution in [-0.2, 0) is 0 Å². The van der Waals surface area contributed by atoms with Crippen LogP contribution in [0.25, 0.3) is 0 Å². The summed E-state index contributed by atoms with van der Waals surface area (Å²) in [5, 5.41) is 11.1. The average molecular weight is 219 g/mol. The van der Waals surface area contributed by atoms with Gasteiger partial charge in [-0.05, 0) is 55.6 Å². The van der Waals surface area contributed by atoms with Crippen LogP contribution in [0.15, 0.2) is 23.4 Å². The minimum absolute atomic E-state index is 0.601. The molecule has 0 spiro atoms. The van der Waals surface area contributed by atoms with Gasteiger partial charge in [0, 0.05) is 12.1 Å². The molecule has 3 atom stereocenters. The Bertz CT molecular complexity index is 345. The first-order valence-electron chi connectivity index (χ1n) is 6.60. The van der Waals surface area contributed by atoms with E-state index in [4.69, 9.17) is 0 Å². The molecule has 0 radical (unpaired) electrons. The molecule has 2 aliphatic carbocycles. The minimum atomic E-state index is 0.601. The monoisotopic (exact) mass is 219 g/mol. The lowest BCUT2D eigenvalue weighted by Crippen LogP contribution is -2.32. The fourth-order valence-corrected chi connectivity index (χ4v) is 3.95. The van der Waals surface area contributed by atoms with Gasteiger partial charge in [-0.15, -0.1) is 0 Å². The number of nitrogens with zero attached hydrogens (tertiary/aromatic N) is 1. The van der Waals surface area contributed by atoms with Crippen molar-refractivity contribution in [1.82, 2.24) is 5.06 Å². The Hall–Kier alpha value is -0.760. The summed E-state index contributed by atoms with van der Waals surface area (Å²) in [6, 6.07) is 0. The summed E-state index contributed by atoms with van der Waals surface area (Å²) in [6.45, 7) is 3.17. The lowest BCUT2D eigenvalue weighted by atomic mass is 9.66. The Kier molecular flexibility index (Phi) is 2.55. The van der Waals surface area contributed by atoms with E-state index in [1.807, 2.05) is 6.20 Å². The average Bonchev–Trinajstić information content (AvgIpc) is 2.39. The molecule has 1 heterocycles. The van der Waals surface area contributed by atoms with E-state index in [0.717, 1.165) is 18.4 Å². The van der Waals surface area contributed by atoms with Crippen LogP contribution in [0.4, 0.5) is 0 Å². The highest BCUT2D eigenvalue weighted by molar-refractivity contribution is 5.34. The number of allylic oxidation sites excluding steroid dienone is 2. The maximum absolute atomic E-state index is 9.75. The number of hydrogen-bond acceptors (Lipinski definition) is 2. The normalized spacial score (nSPS) is 38.4. The van der Waals surface area contributed by atoms with Gasteiger partial charge >= 0.3 is 0 Å². The van der Waals surface area contributed by atoms with Gasteiger partial charge in [-0.1, -0.05) is 12.5 Å². The summed E-state index contributed by atoms with van der Waals surface area (Å²) in [5.74, 6) is 2.24. The van der Waals surface area contributed by atoms with Crippen molar-refractivity contribution < 1.29 is 5.21 Å². The van der Waals surface area contributed by atoms with Crippen LogP contribution in [-0.4, -0.2) is 16.8 Å². The zero-order chi connectivity index (χ0) is 11.1. The van der Waals surface area contributed by atoms with E-state index in [9.17, 15) is 5.21 Å². The van der Waals surface area contributed by atoms with Crippen molar-refractivity contribution in [3.8, 4) is 0 Å². The largest absolute Gasteiger partial charge is 0.289 e. The topological polar surface area (TPSA) is 23.5 Å². The van der Waals surface area contributed by atoms with Crippen molar-refractivity contribution in [2.24, 2.45) is 17.8 Å². The highest BCUT2D eigenvalue weighted by atomic mass is 16.5. The molecule has 1 aliphatic heterocycles. The summed E-state index contributed by atoms with van der Waals surface area (Å²) in [7, 11) is 0. The van der Waals surface area contributed by atoms with Crippen molar-refractivity contribution in [3.05, 3.63) is 23.4 Å². The number of rotatable bonds is 0. The standard InChI is InChI=1S/C14H21NO/c1-10-7-12-4-2-3-11-5-6-15(16)9-13(8-10)14(11)12/h5-6,10,12-13,16H,2-4,7-9H2,1H3. The lowest BCUT2D eigenvalue weighted by molar-refractivity contribution is -0.0529. The van der Waals surface area contributed by atoms with Crippen molar-refractivity contribution in [2.45, 2.75) is 39.0 Å². The van der Waals surface area contributed by atoms with E-state index in [1.165, 1.54) is 42.7 Å². The Balaban J connectivity index is 1.98. The third kappa shape index (κ3) is 1.69. The molecule has 3 unspecified atom stereocenters. The molecule has 0 aromatic rings. The van der Waals surface area contributed by atoms with Crippen molar-refractivity contribution >= 4 is 0 Å². The van der Waals surface area contributed by atoms with Crippen LogP contribution in [0.1, 0.15) is 39.0 Å².